The number of carbonyl (C=O) groups is 1. The smallest absolute Gasteiger partial charge is 0.245 e. The van der Waals surface area contributed by atoms with Crippen LogP contribution in [0.3, 0.4) is 0 Å². The number of rotatable bonds is 6. The largest absolute Gasteiger partial charge is 0.385 e. The minimum atomic E-state index is -0.303. The highest BCUT2D eigenvalue weighted by Gasteiger charge is 2.18. The summed E-state index contributed by atoms with van der Waals surface area (Å²) in [4.78, 5) is 10.9. The van der Waals surface area contributed by atoms with Gasteiger partial charge in [0.05, 0.1) is 5.60 Å². The first-order valence-electron chi connectivity index (χ1n) is 4.35. The highest BCUT2D eigenvalue weighted by molar-refractivity contribution is 5.76. The van der Waals surface area contributed by atoms with Gasteiger partial charge < -0.3 is 14.8 Å². The maximum absolute atomic E-state index is 10.9. The van der Waals surface area contributed by atoms with Gasteiger partial charge in [-0.1, -0.05) is 0 Å². The summed E-state index contributed by atoms with van der Waals surface area (Å²) in [6.07, 6.45) is 0.778. The fraction of sp³-hybridized carbons (Fsp3) is 0.889. The van der Waals surface area contributed by atoms with E-state index in [-0.39, 0.29) is 18.1 Å². The Bertz CT molecular complexity index is 157. The Morgan fingerprint density at radius 1 is 1.46 bits per heavy atom. The quantitative estimate of drug-likeness (QED) is 0.664. The van der Waals surface area contributed by atoms with Crippen LogP contribution in [-0.4, -0.2) is 38.9 Å². The van der Waals surface area contributed by atoms with Crippen LogP contribution in [0, 0.1) is 0 Å². The molecule has 0 rings (SSSR count). The molecule has 0 heterocycles. The van der Waals surface area contributed by atoms with Gasteiger partial charge in [0.25, 0.3) is 0 Å². The topological polar surface area (TPSA) is 47.6 Å². The lowest BCUT2D eigenvalue weighted by molar-refractivity contribution is -0.131. The van der Waals surface area contributed by atoms with Gasteiger partial charge in [-0.2, -0.15) is 0 Å². The van der Waals surface area contributed by atoms with E-state index in [0.717, 1.165) is 6.42 Å². The van der Waals surface area contributed by atoms with Gasteiger partial charge in [-0.05, 0) is 20.3 Å². The van der Waals surface area contributed by atoms with Gasteiger partial charge in [-0.3, -0.25) is 4.79 Å². The maximum Gasteiger partial charge on any atom is 0.245 e. The molecular weight excluding hydrogens is 170 g/mol. The average Bonchev–Trinajstić information content (AvgIpc) is 2.11. The monoisotopic (exact) mass is 189 g/mol. The molecule has 1 N–H and O–H groups in total. The minimum absolute atomic E-state index is 0.104. The highest BCUT2D eigenvalue weighted by atomic mass is 16.5. The SMILES string of the molecule is CNC(=O)COC(C)(C)CCOC. The molecule has 0 aliphatic carbocycles. The number of nitrogens with one attached hydrogen (secondary N) is 1. The summed E-state index contributed by atoms with van der Waals surface area (Å²) in [6.45, 7) is 4.62. The van der Waals surface area contributed by atoms with Crippen molar-refractivity contribution in [2.75, 3.05) is 27.4 Å². The third kappa shape index (κ3) is 6.54. The van der Waals surface area contributed by atoms with Gasteiger partial charge in [0.2, 0.25) is 5.91 Å². The average molecular weight is 189 g/mol. The standard InChI is InChI=1S/C9H19NO3/c1-9(2,5-6-12-4)13-7-8(11)10-3/h5-7H2,1-4H3,(H,10,11). The van der Waals surface area contributed by atoms with Crippen molar-refractivity contribution in [2.45, 2.75) is 25.9 Å². The second-order valence-electron chi connectivity index (χ2n) is 3.46. The molecule has 0 aromatic rings. The Hall–Kier alpha value is -0.610. The van der Waals surface area contributed by atoms with Crippen LogP contribution in [0.25, 0.3) is 0 Å². The Morgan fingerprint density at radius 3 is 2.54 bits per heavy atom. The highest BCUT2D eigenvalue weighted by Crippen LogP contribution is 2.13. The number of likely N-dealkylation sites (N-methyl/N-ethyl adjacent to an activating group) is 1. The fourth-order valence-electron chi connectivity index (χ4n) is 0.753. The molecule has 0 aromatic carbocycles. The van der Waals surface area contributed by atoms with E-state index < -0.39 is 0 Å². The number of hydrogen-bond donors (Lipinski definition) is 1. The molecular formula is C9H19NO3. The molecule has 0 unspecified atom stereocenters. The van der Waals surface area contributed by atoms with Crippen LogP contribution in [0.5, 0.6) is 0 Å². The lowest BCUT2D eigenvalue weighted by atomic mass is 10.1. The molecule has 0 spiro atoms. The van der Waals surface area contributed by atoms with Crippen molar-refractivity contribution in [2.24, 2.45) is 0 Å². The minimum Gasteiger partial charge on any atom is -0.385 e. The summed E-state index contributed by atoms with van der Waals surface area (Å²) in [5, 5.41) is 2.50. The zero-order valence-electron chi connectivity index (χ0n) is 8.85. The van der Waals surface area contributed by atoms with Crippen LogP contribution in [-0.2, 0) is 14.3 Å². The molecule has 0 aromatic heterocycles. The molecule has 4 nitrogen and oxygen atoms in total. The number of carbonyl (C=O) groups excluding carboxylic acids is 1. The van der Waals surface area contributed by atoms with Crippen molar-refractivity contribution in [3.8, 4) is 0 Å². The second-order valence-corrected chi connectivity index (χ2v) is 3.46. The predicted molar refractivity (Wildman–Crippen MR) is 50.6 cm³/mol. The van der Waals surface area contributed by atoms with Crippen molar-refractivity contribution in [3.05, 3.63) is 0 Å². The molecule has 0 aliphatic heterocycles. The molecule has 13 heavy (non-hydrogen) atoms. The summed E-state index contributed by atoms with van der Waals surface area (Å²) in [5.74, 6) is -0.106. The number of ether oxygens (including phenoxy) is 2. The van der Waals surface area contributed by atoms with Crippen molar-refractivity contribution in [1.82, 2.24) is 5.32 Å². The summed E-state index contributed by atoms with van der Waals surface area (Å²) >= 11 is 0. The van der Waals surface area contributed by atoms with Gasteiger partial charge in [-0.25, -0.2) is 0 Å². The van der Waals surface area contributed by atoms with Gasteiger partial charge in [0.15, 0.2) is 0 Å². The van der Waals surface area contributed by atoms with Gasteiger partial charge in [0.1, 0.15) is 6.61 Å². The van der Waals surface area contributed by atoms with Crippen LogP contribution < -0.4 is 5.32 Å². The van der Waals surface area contributed by atoms with E-state index in [9.17, 15) is 4.79 Å². The zero-order valence-corrected chi connectivity index (χ0v) is 8.85. The number of amides is 1. The van der Waals surface area contributed by atoms with E-state index in [0.29, 0.717) is 6.61 Å². The molecule has 4 heteroatoms. The Kier molecular flexibility index (Phi) is 5.66. The molecule has 0 radical (unpaired) electrons. The fourth-order valence-corrected chi connectivity index (χ4v) is 0.753. The van der Waals surface area contributed by atoms with Crippen LogP contribution >= 0.6 is 0 Å². The number of hydrogen-bond acceptors (Lipinski definition) is 3. The summed E-state index contributed by atoms with van der Waals surface area (Å²) in [7, 11) is 3.24. The van der Waals surface area contributed by atoms with Crippen LogP contribution in [0.4, 0.5) is 0 Å². The van der Waals surface area contributed by atoms with E-state index in [1.165, 1.54) is 0 Å². The molecule has 0 bridgehead atoms. The maximum atomic E-state index is 10.9. The van der Waals surface area contributed by atoms with Gasteiger partial charge in [-0.15, -0.1) is 0 Å². The lowest BCUT2D eigenvalue weighted by Gasteiger charge is -2.24. The first-order valence-corrected chi connectivity index (χ1v) is 4.35. The molecule has 78 valence electrons. The summed E-state index contributed by atoms with van der Waals surface area (Å²) in [6, 6.07) is 0. The van der Waals surface area contributed by atoms with Crippen LogP contribution in [0.15, 0.2) is 0 Å². The summed E-state index contributed by atoms with van der Waals surface area (Å²) < 4.78 is 10.3. The Balaban J connectivity index is 3.67. The zero-order chi connectivity index (χ0) is 10.3. The van der Waals surface area contributed by atoms with Gasteiger partial charge >= 0.3 is 0 Å². The third-order valence-corrected chi connectivity index (χ3v) is 1.78. The molecule has 0 saturated carbocycles. The first kappa shape index (κ1) is 12.4. The number of methoxy groups -OCH3 is 1. The van der Waals surface area contributed by atoms with E-state index in [1.807, 2.05) is 13.8 Å². The Morgan fingerprint density at radius 2 is 2.08 bits per heavy atom. The molecule has 0 fully saturated rings. The molecule has 1 amide bonds. The first-order chi connectivity index (χ1) is 6.02. The predicted octanol–water partition coefficient (Wildman–Crippen LogP) is 0.564. The third-order valence-electron chi connectivity index (χ3n) is 1.78. The van der Waals surface area contributed by atoms with Crippen molar-refractivity contribution < 1.29 is 14.3 Å². The lowest BCUT2D eigenvalue weighted by Crippen LogP contribution is -2.32. The second kappa shape index (κ2) is 5.94. The van der Waals surface area contributed by atoms with Gasteiger partial charge in [0, 0.05) is 20.8 Å². The van der Waals surface area contributed by atoms with E-state index in [4.69, 9.17) is 9.47 Å². The van der Waals surface area contributed by atoms with Crippen molar-refractivity contribution >= 4 is 5.91 Å². The molecule has 0 atom stereocenters. The van der Waals surface area contributed by atoms with E-state index >= 15 is 0 Å². The normalized spacial score (nSPS) is 11.4. The van der Waals surface area contributed by atoms with Crippen molar-refractivity contribution in [1.29, 1.82) is 0 Å². The van der Waals surface area contributed by atoms with Crippen molar-refractivity contribution in [3.63, 3.8) is 0 Å². The van der Waals surface area contributed by atoms with Crippen LogP contribution in [0.2, 0.25) is 0 Å². The Labute approximate surface area is 79.6 Å². The molecule has 0 aliphatic rings. The van der Waals surface area contributed by atoms with E-state index in [1.54, 1.807) is 14.2 Å². The van der Waals surface area contributed by atoms with E-state index in [2.05, 4.69) is 5.32 Å². The van der Waals surface area contributed by atoms with Crippen LogP contribution in [0.1, 0.15) is 20.3 Å². The summed E-state index contributed by atoms with van der Waals surface area (Å²) in [5.41, 5.74) is -0.303. The molecule has 0 saturated heterocycles.